The lowest BCUT2D eigenvalue weighted by molar-refractivity contribution is -0.522. The molecule has 0 fully saturated rings. The van der Waals surface area contributed by atoms with Crippen LogP contribution in [-0.2, 0) is 9.53 Å². The number of amidine groups is 1. The lowest BCUT2D eigenvalue weighted by Gasteiger charge is -2.16. The maximum absolute atomic E-state index is 12.3. The van der Waals surface area contributed by atoms with E-state index in [4.69, 9.17) is 4.74 Å². The molecule has 2 N–H and O–H groups in total. The second kappa shape index (κ2) is 35.2. The van der Waals surface area contributed by atoms with E-state index in [0.717, 1.165) is 38.8 Å². The molecular formula is C43H81N2O3+. The molecule has 0 saturated heterocycles. The van der Waals surface area contributed by atoms with Crippen molar-refractivity contribution in [2.45, 2.75) is 200 Å². The van der Waals surface area contributed by atoms with Gasteiger partial charge >= 0.3 is 5.97 Å². The predicted molar refractivity (Wildman–Crippen MR) is 208 cm³/mol. The molecule has 0 aromatic heterocycles. The molecule has 1 aliphatic rings. The van der Waals surface area contributed by atoms with E-state index in [1.807, 2.05) is 0 Å². The number of rotatable bonds is 36. The van der Waals surface area contributed by atoms with Crippen molar-refractivity contribution in [3.63, 3.8) is 0 Å². The Morgan fingerprint density at radius 1 is 0.667 bits per heavy atom. The molecule has 0 aromatic carbocycles. The maximum atomic E-state index is 12.3. The number of ether oxygens (including phenoxy) is 1. The summed E-state index contributed by atoms with van der Waals surface area (Å²) >= 11 is 0. The number of unbranched alkanes of at least 4 members (excludes halogenated alkanes) is 21. The fourth-order valence-electron chi connectivity index (χ4n) is 6.94. The van der Waals surface area contributed by atoms with Gasteiger partial charge in [-0.15, -0.1) is 0 Å². The van der Waals surface area contributed by atoms with Gasteiger partial charge < -0.3 is 9.84 Å². The Balaban J connectivity index is 2.13. The molecule has 0 saturated carbocycles. The van der Waals surface area contributed by atoms with Crippen LogP contribution in [0.5, 0.6) is 0 Å². The molecule has 5 heteroatoms. The molecule has 0 radical (unpaired) electrons. The van der Waals surface area contributed by atoms with Gasteiger partial charge in [0.2, 0.25) is 5.84 Å². The van der Waals surface area contributed by atoms with Crippen molar-refractivity contribution in [2.24, 2.45) is 5.92 Å². The van der Waals surface area contributed by atoms with E-state index < -0.39 is 0 Å². The highest BCUT2D eigenvalue weighted by atomic mass is 16.5. The lowest BCUT2D eigenvalue weighted by Crippen LogP contribution is -2.32. The first-order valence-electron chi connectivity index (χ1n) is 21.1. The molecule has 5 nitrogen and oxygen atoms in total. The van der Waals surface area contributed by atoms with Crippen LogP contribution >= 0.6 is 0 Å². The molecule has 0 spiro atoms. The average molecular weight is 674 g/mol. The van der Waals surface area contributed by atoms with Gasteiger partial charge in [0.05, 0.1) is 19.1 Å². The average Bonchev–Trinajstić information content (AvgIpc) is 3.55. The summed E-state index contributed by atoms with van der Waals surface area (Å²) in [4.78, 5) is 12.3. The van der Waals surface area contributed by atoms with Crippen molar-refractivity contribution in [1.82, 2.24) is 5.32 Å². The van der Waals surface area contributed by atoms with E-state index in [9.17, 15) is 9.90 Å². The molecule has 0 bridgehead atoms. The second-order valence-corrected chi connectivity index (χ2v) is 14.4. The number of carbonyl (C=O) groups is 1. The number of β-amino-alcohol motifs (C(OH)–C–C–N with tert-alkyl or cyclic N) is 1. The largest absolute Gasteiger partial charge is 0.466 e. The second-order valence-electron chi connectivity index (χ2n) is 14.4. The Morgan fingerprint density at radius 2 is 1.12 bits per heavy atom. The van der Waals surface area contributed by atoms with Crippen LogP contribution in [0.25, 0.3) is 0 Å². The van der Waals surface area contributed by atoms with Crippen LogP contribution in [0.15, 0.2) is 24.3 Å². The van der Waals surface area contributed by atoms with E-state index >= 15 is 0 Å². The van der Waals surface area contributed by atoms with E-state index in [2.05, 4.69) is 48.0 Å². The zero-order chi connectivity index (χ0) is 34.6. The minimum absolute atomic E-state index is 0.0289. The van der Waals surface area contributed by atoms with Gasteiger partial charge in [-0.25, -0.2) is 0 Å². The monoisotopic (exact) mass is 674 g/mol. The number of carbonyl (C=O) groups excluding carboxylic acids is 1. The van der Waals surface area contributed by atoms with Crippen LogP contribution < -0.4 is 5.32 Å². The van der Waals surface area contributed by atoms with E-state index in [0.29, 0.717) is 25.5 Å². The fraction of sp³-hybridized carbons (Fsp3) is 0.860. The summed E-state index contributed by atoms with van der Waals surface area (Å²) < 4.78 is 7.97. The van der Waals surface area contributed by atoms with Crippen LogP contribution in [0.2, 0.25) is 0 Å². The summed E-state index contributed by atoms with van der Waals surface area (Å²) in [5.41, 5.74) is 0. The number of aliphatic hydroxyl groups is 1. The molecule has 1 unspecified atom stereocenters. The van der Waals surface area contributed by atoms with Crippen LogP contribution in [0.3, 0.4) is 0 Å². The molecule has 0 aromatic rings. The summed E-state index contributed by atoms with van der Waals surface area (Å²) in [6.07, 6.45) is 45.5. The zero-order valence-corrected chi connectivity index (χ0v) is 32.1. The van der Waals surface area contributed by atoms with Crippen molar-refractivity contribution in [1.29, 1.82) is 0 Å². The third-order valence-electron chi connectivity index (χ3n) is 9.95. The normalized spacial score (nSPS) is 14.1. The number of aliphatic hydroxyl groups excluding tert-OH is 1. The summed E-state index contributed by atoms with van der Waals surface area (Å²) in [6, 6.07) is 0. The number of nitrogens with zero attached hydrogens (tertiary/aromatic N) is 1. The minimum atomic E-state index is -0.0289. The number of hydrogen-bond donors (Lipinski definition) is 2. The number of hydrogen-bond acceptors (Lipinski definition) is 4. The van der Waals surface area contributed by atoms with E-state index in [1.54, 1.807) is 0 Å². The Bertz CT molecular complexity index is 806. The van der Waals surface area contributed by atoms with Gasteiger partial charge in [-0.1, -0.05) is 141 Å². The zero-order valence-electron chi connectivity index (χ0n) is 32.1. The number of nitrogens with one attached hydrogen (secondary N) is 1. The van der Waals surface area contributed by atoms with Gasteiger partial charge in [0, 0.05) is 6.42 Å². The summed E-state index contributed by atoms with van der Waals surface area (Å²) in [5.74, 6) is 1.74. The highest BCUT2D eigenvalue weighted by molar-refractivity contribution is 5.80. The molecular weight excluding hydrogens is 592 g/mol. The summed E-state index contributed by atoms with van der Waals surface area (Å²) in [7, 11) is 0. The quantitative estimate of drug-likeness (QED) is 0.0301. The standard InChI is InChI=1S/C43H80N2O3/c1-3-5-7-9-11-13-15-17-19-21-23-25-27-29-31-35-42(47)48-40-32-34-41(43-44-36-37-45(43)38-39-46)33-30-28-26-24-22-20-18-16-14-12-10-8-6-4-2/h17-20,41,46H,3-16,21-40H2,1-2H3/p+1. The SMILES string of the molecule is CCCCCCCCC=CCCCCCCCC(=O)OCCCC(CCCCCCC=CCCCCCCCC)C1=[N+](CCO)CCN1. The first kappa shape index (κ1) is 44.4. The van der Waals surface area contributed by atoms with Crippen molar-refractivity contribution < 1.29 is 19.2 Å². The van der Waals surface area contributed by atoms with E-state index in [-0.39, 0.29) is 12.6 Å². The van der Waals surface area contributed by atoms with Crippen molar-refractivity contribution >= 4 is 11.8 Å². The van der Waals surface area contributed by atoms with Crippen LogP contribution in [0.4, 0.5) is 0 Å². The molecule has 280 valence electrons. The third kappa shape index (κ3) is 27.2. The van der Waals surface area contributed by atoms with Crippen LogP contribution in [0, 0.1) is 5.92 Å². The number of esters is 1. The van der Waals surface area contributed by atoms with Crippen molar-refractivity contribution in [2.75, 3.05) is 32.8 Å². The first-order chi connectivity index (χ1) is 23.7. The summed E-state index contributed by atoms with van der Waals surface area (Å²) in [6.45, 7) is 7.91. The molecule has 1 atom stereocenters. The Morgan fingerprint density at radius 3 is 1.65 bits per heavy atom. The van der Waals surface area contributed by atoms with Gasteiger partial charge in [-0.3, -0.25) is 14.7 Å². The van der Waals surface area contributed by atoms with Crippen molar-refractivity contribution in [3.05, 3.63) is 24.3 Å². The molecule has 0 amide bonds. The summed E-state index contributed by atoms with van der Waals surface area (Å²) in [5, 5.41) is 13.2. The highest BCUT2D eigenvalue weighted by Crippen LogP contribution is 2.20. The lowest BCUT2D eigenvalue weighted by atomic mass is 9.94. The van der Waals surface area contributed by atoms with Crippen LogP contribution in [-0.4, -0.2) is 54.3 Å². The Kier molecular flexibility index (Phi) is 32.6. The molecule has 1 heterocycles. The third-order valence-corrected chi connectivity index (χ3v) is 9.95. The van der Waals surface area contributed by atoms with Crippen molar-refractivity contribution in [3.8, 4) is 0 Å². The highest BCUT2D eigenvalue weighted by Gasteiger charge is 2.28. The maximum Gasteiger partial charge on any atom is 0.305 e. The first-order valence-corrected chi connectivity index (χ1v) is 21.1. The fourth-order valence-corrected chi connectivity index (χ4v) is 6.94. The van der Waals surface area contributed by atoms with Crippen LogP contribution in [0.1, 0.15) is 200 Å². The predicted octanol–water partition coefficient (Wildman–Crippen LogP) is 11.6. The van der Waals surface area contributed by atoms with Gasteiger partial charge in [-0.05, 0) is 77.0 Å². The smallest absolute Gasteiger partial charge is 0.305 e. The molecule has 48 heavy (non-hydrogen) atoms. The molecule has 0 aliphatic carbocycles. The Hall–Kier alpha value is -1.62. The number of allylic oxidation sites excluding steroid dienone is 4. The minimum Gasteiger partial charge on any atom is -0.466 e. The van der Waals surface area contributed by atoms with Gasteiger partial charge in [0.25, 0.3) is 0 Å². The van der Waals surface area contributed by atoms with Gasteiger partial charge in [-0.2, -0.15) is 0 Å². The Labute approximate surface area is 298 Å². The topological polar surface area (TPSA) is 61.6 Å². The molecule has 1 rings (SSSR count). The van der Waals surface area contributed by atoms with Gasteiger partial charge in [0.15, 0.2) is 0 Å². The molecule has 1 aliphatic heterocycles. The van der Waals surface area contributed by atoms with E-state index in [1.165, 1.54) is 160 Å². The van der Waals surface area contributed by atoms with Gasteiger partial charge in [0.1, 0.15) is 19.6 Å².